The minimum Gasteiger partial charge on any atom is -0.450 e. The van der Waals surface area contributed by atoms with Gasteiger partial charge in [0.1, 0.15) is 6.23 Å². The third-order valence-corrected chi connectivity index (χ3v) is 7.85. The van der Waals surface area contributed by atoms with Crippen LogP contribution in [0.4, 0.5) is 16.4 Å². The summed E-state index contributed by atoms with van der Waals surface area (Å²) >= 11 is 0. The second-order valence-electron chi connectivity index (χ2n) is 10.6. The minimum absolute atomic E-state index is 0.279. The van der Waals surface area contributed by atoms with Gasteiger partial charge in [0.2, 0.25) is 5.95 Å². The van der Waals surface area contributed by atoms with Gasteiger partial charge in [-0.15, -0.1) is 5.10 Å². The maximum atomic E-state index is 12.1. The molecule has 212 valence electrons. The maximum absolute atomic E-state index is 12.1. The van der Waals surface area contributed by atoms with Crippen molar-refractivity contribution < 1.29 is 14.6 Å². The molecule has 41 heavy (non-hydrogen) atoms. The molecule has 2 N–H and O–H groups in total. The summed E-state index contributed by atoms with van der Waals surface area (Å²) in [4.78, 5) is 24.8. The fourth-order valence-electron chi connectivity index (χ4n) is 5.69. The van der Waals surface area contributed by atoms with Gasteiger partial charge in [0.25, 0.3) is 0 Å². The number of rotatable bonds is 8. The van der Waals surface area contributed by atoms with Crippen LogP contribution in [0.2, 0.25) is 0 Å². The molecule has 1 aromatic carbocycles. The SMILES string of the molecule is CCOC(=O)N1CC=C(c2cccn3nc(Nc4ccc(C(O)N5CCC(Cc6ccncc6)C5)cc4)nc23)CC1. The molecule has 2 atom stereocenters. The molecule has 3 aromatic heterocycles. The maximum Gasteiger partial charge on any atom is 0.410 e. The fourth-order valence-corrected chi connectivity index (χ4v) is 5.69. The number of carbonyl (C=O) groups excluding carboxylic acids is 1. The Morgan fingerprint density at radius 2 is 1.98 bits per heavy atom. The lowest BCUT2D eigenvalue weighted by Gasteiger charge is -2.25. The number of pyridine rings is 2. The van der Waals surface area contributed by atoms with Gasteiger partial charge in [-0.05, 0) is 85.2 Å². The highest BCUT2D eigenvalue weighted by Gasteiger charge is 2.28. The number of hydrogen-bond acceptors (Lipinski definition) is 8. The number of aromatic nitrogens is 4. The Bertz CT molecular complexity index is 1520. The highest BCUT2D eigenvalue weighted by molar-refractivity contribution is 5.79. The van der Waals surface area contributed by atoms with Crippen molar-refractivity contribution in [2.24, 2.45) is 5.92 Å². The number of carbonyl (C=O) groups is 1. The first kappa shape index (κ1) is 26.9. The lowest BCUT2D eigenvalue weighted by molar-refractivity contribution is 0.0163. The van der Waals surface area contributed by atoms with Crippen LogP contribution in [0.1, 0.15) is 42.7 Å². The number of fused-ring (bicyclic) bond motifs is 1. The highest BCUT2D eigenvalue weighted by atomic mass is 16.6. The zero-order valence-corrected chi connectivity index (χ0v) is 23.2. The lowest BCUT2D eigenvalue weighted by atomic mass is 10.00. The molecule has 6 rings (SSSR count). The van der Waals surface area contributed by atoms with Crippen molar-refractivity contribution in [3.63, 3.8) is 0 Å². The van der Waals surface area contributed by atoms with Crippen LogP contribution in [0.25, 0.3) is 11.2 Å². The summed E-state index contributed by atoms with van der Waals surface area (Å²) in [5, 5.41) is 19.0. The van der Waals surface area contributed by atoms with E-state index in [1.165, 1.54) is 5.56 Å². The molecular formula is C31H35N7O3. The van der Waals surface area contributed by atoms with Crippen molar-refractivity contribution in [3.05, 3.63) is 89.9 Å². The molecule has 4 aromatic rings. The van der Waals surface area contributed by atoms with E-state index in [0.29, 0.717) is 31.6 Å². The summed E-state index contributed by atoms with van der Waals surface area (Å²) < 4.78 is 6.90. The molecule has 2 unspecified atom stereocenters. The van der Waals surface area contributed by atoms with Gasteiger partial charge < -0.3 is 20.1 Å². The Morgan fingerprint density at radius 1 is 1.15 bits per heavy atom. The van der Waals surface area contributed by atoms with Gasteiger partial charge in [0.15, 0.2) is 5.65 Å². The molecule has 10 heteroatoms. The van der Waals surface area contributed by atoms with E-state index in [0.717, 1.165) is 60.4 Å². The zero-order chi connectivity index (χ0) is 28.2. The predicted octanol–water partition coefficient (Wildman–Crippen LogP) is 4.67. The van der Waals surface area contributed by atoms with Crippen LogP contribution >= 0.6 is 0 Å². The third-order valence-electron chi connectivity index (χ3n) is 7.85. The Labute approximate surface area is 239 Å². The summed E-state index contributed by atoms with van der Waals surface area (Å²) in [6.45, 7) is 5.04. The molecule has 0 saturated carbocycles. The summed E-state index contributed by atoms with van der Waals surface area (Å²) in [6.07, 6.45) is 9.50. The molecular weight excluding hydrogens is 518 g/mol. The van der Waals surface area contributed by atoms with Gasteiger partial charge in [-0.3, -0.25) is 9.88 Å². The van der Waals surface area contributed by atoms with Crippen LogP contribution in [-0.4, -0.2) is 73.4 Å². The Morgan fingerprint density at radius 3 is 2.73 bits per heavy atom. The molecule has 10 nitrogen and oxygen atoms in total. The number of benzene rings is 1. The van der Waals surface area contributed by atoms with Crippen LogP contribution in [0, 0.1) is 5.92 Å². The van der Waals surface area contributed by atoms with E-state index in [-0.39, 0.29) is 6.09 Å². The molecule has 0 aliphatic carbocycles. The summed E-state index contributed by atoms with van der Waals surface area (Å²) in [7, 11) is 0. The van der Waals surface area contributed by atoms with Gasteiger partial charge in [-0.25, -0.2) is 9.31 Å². The van der Waals surface area contributed by atoms with Crippen molar-refractivity contribution >= 4 is 28.9 Å². The normalized spacial score (nSPS) is 18.3. The highest BCUT2D eigenvalue weighted by Crippen LogP contribution is 2.30. The number of anilines is 2. The van der Waals surface area contributed by atoms with Gasteiger partial charge in [-0.2, -0.15) is 4.98 Å². The molecule has 5 heterocycles. The number of ether oxygens (including phenoxy) is 1. The Kier molecular flexibility index (Phi) is 7.93. The number of hydrogen-bond donors (Lipinski definition) is 2. The van der Waals surface area contributed by atoms with Gasteiger partial charge in [0, 0.05) is 56.0 Å². The average molecular weight is 554 g/mol. The standard InChI is InChI=1S/C31H35N7O3/c1-2-41-31(40)36-18-12-24(13-19-36)27-4-3-16-38-28(27)34-30(35-38)33-26-7-5-25(6-8-26)29(39)37-17-11-23(21-37)20-22-9-14-32-15-10-22/h3-10,12,14-16,23,29,39H,2,11,13,17-21H2,1H3,(H,33,35). The smallest absolute Gasteiger partial charge is 0.410 e. The topological polar surface area (TPSA) is 108 Å². The first-order chi connectivity index (χ1) is 20.1. The Hall–Kier alpha value is -4.28. The van der Waals surface area contributed by atoms with Gasteiger partial charge in [0.05, 0.1) is 6.61 Å². The number of amides is 1. The second kappa shape index (κ2) is 12.1. The van der Waals surface area contributed by atoms with Crippen LogP contribution in [-0.2, 0) is 11.2 Å². The summed E-state index contributed by atoms with van der Waals surface area (Å²) in [6, 6.07) is 15.9. The molecule has 0 bridgehead atoms. The Balaban J connectivity index is 1.09. The molecule has 2 aliphatic rings. The van der Waals surface area contributed by atoms with Crippen LogP contribution in [0.15, 0.2) is 73.2 Å². The molecule has 1 fully saturated rings. The van der Waals surface area contributed by atoms with E-state index < -0.39 is 6.23 Å². The second-order valence-corrected chi connectivity index (χ2v) is 10.6. The number of nitrogens with zero attached hydrogens (tertiary/aromatic N) is 6. The van der Waals surface area contributed by atoms with Crippen LogP contribution < -0.4 is 5.32 Å². The van der Waals surface area contributed by atoms with Gasteiger partial charge >= 0.3 is 6.09 Å². The first-order valence-corrected chi connectivity index (χ1v) is 14.2. The third kappa shape index (κ3) is 6.08. The number of nitrogens with one attached hydrogen (secondary N) is 1. The monoisotopic (exact) mass is 553 g/mol. The number of aliphatic hydroxyl groups is 1. The first-order valence-electron chi connectivity index (χ1n) is 14.2. The summed E-state index contributed by atoms with van der Waals surface area (Å²) in [5.41, 5.74) is 5.90. The van der Waals surface area contributed by atoms with Crippen molar-refractivity contribution in [3.8, 4) is 0 Å². The molecule has 0 radical (unpaired) electrons. The quantitative estimate of drug-likeness (QED) is 0.324. The van der Waals surface area contributed by atoms with Crippen LogP contribution in [0.3, 0.4) is 0 Å². The zero-order valence-electron chi connectivity index (χ0n) is 23.2. The largest absolute Gasteiger partial charge is 0.450 e. The van der Waals surface area contributed by atoms with Crippen molar-refractivity contribution in [1.82, 2.24) is 29.4 Å². The van der Waals surface area contributed by atoms with Crippen molar-refractivity contribution in [1.29, 1.82) is 0 Å². The van der Waals surface area contributed by atoms with E-state index >= 15 is 0 Å². The van der Waals surface area contributed by atoms with E-state index in [1.807, 2.05) is 61.9 Å². The molecule has 1 amide bonds. The lowest BCUT2D eigenvalue weighted by Crippen LogP contribution is -2.35. The van der Waals surface area contributed by atoms with E-state index in [2.05, 4.69) is 38.5 Å². The fraction of sp³-hybridized carbons (Fsp3) is 0.355. The van der Waals surface area contributed by atoms with E-state index in [9.17, 15) is 9.90 Å². The minimum atomic E-state index is -0.633. The van der Waals surface area contributed by atoms with Gasteiger partial charge in [-0.1, -0.05) is 18.2 Å². The van der Waals surface area contributed by atoms with Crippen molar-refractivity contribution in [2.45, 2.75) is 32.4 Å². The number of aliphatic hydroxyl groups excluding tert-OH is 1. The van der Waals surface area contributed by atoms with Crippen LogP contribution in [0.5, 0.6) is 0 Å². The van der Waals surface area contributed by atoms with E-state index in [4.69, 9.17) is 9.72 Å². The average Bonchev–Trinajstić information content (AvgIpc) is 3.64. The van der Waals surface area contributed by atoms with E-state index in [1.54, 1.807) is 9.42 Å². The number of likely N-dealkylation sites (tertiary alicyclic amines) is 1. The molecule has 1 saturated heterocycles. The summed E-state index contributed by atoms with van der Waals surface area (Å²) in [5.74, 6) is 1.02. The predicted molar refractivity (Wildman–Crippen MR) is 156 cm³/mol. The molecule has 2 aliphatic heterocycles. The van der Waals surface area contributed by atoms with Crippen molar-refractivity contribution in [2.75, 3.05) is 38.1 Å². The molecule has 0 spiro atoms.